The Bertz CT molecular complexity index is 521. The molecule has 0 aliphatic carbocycles. The molecule has 0 amide bonds. The quantitative estimate of drug-likeness (QED) is 0.841. The smallest absolute Gasteiger partial charge is 0.212 e. The van der Waals surface area contributed by atoms with Gasteiger partial charge in [-0.15, -0.1) is 0 Å². The lowest BCUT2D eigenvalue weighted by Gasteiger charge is -2.16. The van der Waals surface area contributed by atoms with Crippen LogP contribution in [0.5, 0.6) is 5.88 Å². The van der Waals surface area contributed by atoms with Crippen molar-refractivity contribution in [3.63, 3.8) is 0 Å². The Morgan fingerprint density at radius 1 is 1.30 bits per heavy atom. The number of likely N-dealkylation sites (N-methyl/N-ethyl adjacent to an activating group) is 1. The standard InChI is InChI=1S/C15H22N4O/c1-4-16-14(13-10-18-19(5-2)11-13)8-12-6-7-15(20-3)17-9-12/h6-7,9-11,14,16H,4-5,8H2,1-3H3. The minimum atomic E-state index is 0.260. The van der Waals surface area contributed by atoms with Crippen molar-refractivity contribution in [3.05, 3.63) is 41.9 Å². The van der Waals surface area contributed by atoms with Crippen LogP contribution in [0.1, 0.15) is 31.0 Å². The largest absolute Gasteiger partial charge is 0.481 e. The Morgan fingerprint density at radius 3 is 2.70 bits per heavy atom. The predicted molar refractivity (Wildman–Crippen MR) is 78.8 cm³/mol. The average Bonchev–Trinajstić information content (AvgIpc) is 2.96. The third kappa shape index (κ3) is 3.57. The summed E-state index contributed by atoms with van der Waals surface area (Å²) in [6.07, 6.45) is 6.80. The van der Waals surface area contributed by atoms with Crippen LogP contribution in [0.4, 0.5) is 0 Å². The van der Waals surface area contributed by atoms with Gasteiger partial charge in [0.25, 0.3) is 0 Å². The molecule has 1 atom stereocenters. The second-order valence-electron chi connectivity index (χ2n) is 4.65. The van der Waals surface area contributed by atoms with Crippen LogP contribution in [0.2, 0.25) is 0 Å². The molecule has 0 saturated heterocycles. The number of nitrogens with one attached hydrogen (secondary N) is 1. The zero-order chi connectivity index (χ0) is 14.4. The molecule has 0 bridgehead atoms. The van der Waals surface area contributed by atoms with Gasteiger partial charge in [0.05, 0.1) is 13.3 Å². The highest BCUT2D eigenvalue weighted by atomic mass is 16.5. The van der Waals surface area contributed by atoms with Crippen LogP contribution in [-0.2, 0) is 13.0 Å². The molecule has 0 spiro atoms. The topological polar surface area (TPSA) is 52.0 Å². The Kier molecular flexibility index (Phi) is 5.12. The van der Waals surface area contributed by atoms with Crippen molar-refractivity contribution < 1.29 is 4.74 Å². The lowest BCUT2D eigenvalue weighted by Crippen LogP contribution is -2.22. The van der Waals surface area contributed by atoms with E-state index in [9.17, 15) is 0 Å². The number of ether oxygens (including phenoxy) is 1. The van der Waals surface area contributed by atoms with E-state index < -0.39 is 0 Å². The highest BCUT2D eigenvalue weighted by Crippen LogP contribution is 2.18. The van der Waals surface area contributed by atoms with Gasteiger partial charge in [-0.05, 0) is 25.5 Å². The number of nitrogens with zero attached hydrogens (tertiary/aromatic N) is 3. The van der Waals surface area contributed by atoms with Crippen molar-refractivity contribution in [1.29, 1.82) is 0 Å². The zero-order valence-corrected chi connectivity index (χ0v) is 12.3. The number of pyridine rings is 1. The summed E-state index contributed by atoms with van der Waals surface area (Å²) in [4.78, 5) is 4.25. The average molecular weight is 274 g/mol. The van der Waals surface area contributed by atoms with E-state index in [1.807, 2.05) is 23.1 Å². The van der Waals surface area contributed by atoms with Crippen LogP contribution in [0.15, 0.2) is 30.7 Å². The van der Waals surface area contributed by atoms with E-state index in [4.69, 9.17) is 4.74 Å². The van der Waals surface area contributed by atoms with Crippen molar-refractivity contribution in [3.8, 4) is 5.88 Å². The lowest BCUT2D eigenvalue weighted by atomic mass is 10.0. The molecule has 2 rings (SSSR count). The molecule has 20 heavy (non-hydrogen) atoms. The molecule has 0 aliphatic heterocycles. The van der Waals surface area contributed by atoms with Gasteiger partial charge in [-0.3, -0.25) is 4.68 Å². The van der Waals surface area contributed by atoms with Gasteiger partial charge >= 0.3 is 0 Å². The van der Waals surface area contributed by atoms with Crippen LogP contribution in [-0.4, -0.2) is 28.4 Å². The van der Waals surface area contributed by atoms with E-state index in [-0.39, 0.29) is 6.04 Å². The van der Waals surface area contributed by atoms with Crippen LogP contribution in [0, 0.1) is 0 Å². The molecule has 2 aromatic heterocycles. The normalized spacial score (nSPS) is 12.3. The van der Waals surface area contributed by atoms with Crippen LogP contribution in [0.25, 0.3) is 0 Å². The number of hydrogen-bond acceptors (Lipinski definition) is 4. The van der Waals surface area contributed by atoms with E-state index in [0.717, 1.165) is 19.5 Å². The molecular weight excluding hydrogens is 252 g/mol. The summed E-state index contributed by atoms with van der Waals surface area (Å²) in [7, 11) is 1.63. The molecule has 5 heteroatoms. The van der Waals surface area contributed by atoms with Crippen molar-refractivity contribution in [2.24, 2.45) is 0 Å². The van der Waals surface area contributed by atoms with Crippen molar-refractivity contribution in [2.45, 2.75) is 32.9 Å². The van der Waals surface area contributed by atoms with Gasteiger partial charge in [0, 0.05) is 36.6 Å². The first-order valence-corrected chi connectivity index (χ1v) is 7.01. The highest BCUT2D eigenvalue weighted by molar-refractivity contribution is 5.21. The second kappa shape index (κ2) is 7.05. The van der Waals surface area contributed by atoms with Crippen molar-refractivity contribution in [1.82, 2.24) is 20.1 Å². The van der Waals surface area contributed by atoms with Gasteiger partial charge in [-0.25, -0.2) is 4.98 Å². The predicted octanol–water partition coefficient (Wildman–Crippen LogP) is 2.20. The fourth-order valence-corrected chi connectivity index (χ4v) is 2.17. The van der Waals surface area contributed by atoms with E-state index in [1.165, 1.54) is 11.1 Å². The van der Waals surface area contributed by atoms with Crippen molar-refractivity contribution in [2.75, 3.05) is 13.7 Å². The summed E-state index contributed by atoms with van der Waals surface area (Å²) >= 11 is 0. The molecule has 5 nitrogen and oxygen atoms in total. The Hall–Kier alpha value is -1.88. The number of hydrogen-bond donors (Lipinski definition) is 1. The molecule has 108 valence electrons. The minimum Gasteiger partial charge on any atom is -0.481 e. The molecule has 2 heterocycles. The van der Waals surface area contributed by atoms with E-state index in [2.05, 4.69) is 41.5 Å². The Labute approximate surface area is 120 Å². The minimum absolute atomic E-state index is 0.260. The zero-order valence-electron chi connectivity index (χ0n) is 12.3. The second-order valence-corrected chi connectivity index (χ2v) is 4.65. The van der Waals surface area contributed by atoms with E-state index in [0.29, 0.717) is 5.88 Å². The third-order valence-electron chi connectivity index (χ3n) is 3.28. The van der Waals surface area contributed by atoms with Crippen LogP contribution in [0.3, 0.4) is 0 Å². The SMILES string of the molecule is CCNC(Cc1ccc(OC)nc1)c1cnn(CC)c1. The first kappa shape index (κ1) is 14.5. The molecule has 1 unspecified atom stereocenters. The monoisotopic (exact) mass is 274 g/mol. The number of aryl methyl sites for hydroxylation is 1. The number of methoxy groups -OCH3 is 1. The lowest BCUT2D eigenvalue weighted by molar-refractivity contribution is 0.397. The van der Waals surface area contributed by atoms with Crippen LogP contribution >= 0.6 is 0 Å². The summed E-state index contributed by atoms with van der Waals surface area (Å²) in [5.74, 6) is 0.646. The third-order valence-corrected chi connectivity index (χ3v) is 3.28. The maximum atomic E-state index is 5.08. The highest BCUT2D eigenvalue weighted by Gasteiger charge is 2.13. The van der Waals surface area contributed by atoms with E-state index >= 15 is 0 Å². The van der Waals surface area contributed by atoms with Gasteiger partial charge in [0.1, 0.15) is 0 Å². The van der Waals surface area contributed by atoms with Gasteiger partial charge in [-0.1, -0.05) is 13.0 Å². The fraction of sp³-hybridized carbons (Fsp3) is 0.467. The van der Waals surface area contributed by atoms with E-state index in [1.54, 1.807) is 7.11 Å². The van der Waals surface area contributed by atoms with Crippen LogP contribution < -0.4 is 10.1 Å². The maximum absolute atomic E-state index is 5.08. The maximum Gasteiger partial charge on any atom is 0.212 e. The van der Waals surface area contributed by atoms with Gasteiger partial charge in [-0.2, -0.15) is 5.10 Å². The molecule has 0 aliphatic rings. The molecule has 0 aromatic carbocycles. The molecule has 2 aromatic rings. The summed E-state index contributed by atoms with van der Waals surface area (Å²) in [6.45, 7) is 6.02. The van der Waals surface area contributed by atoms with Gasteiger partial charge in [0.2, 0.25) is 5.88 Å². The number of rotatable bonds is 7. The van der Waals surface area contributed by atoms with Crippen molar-refractivity contribution >= 4 is 0 Å². The van der Waals surface area contributed by atoms with Gasteiger partial charge in [0.15, 0.2) is 0 Å². The molecule has 1 N–H and O–H groups in total. The number of aromatic nitrogens is 3. The summed E-state index contributed by atoms with van der Waals surface area (Å²) in [5.41, 5.74) is 2.39. The molecular formula is C15H22N4O. The Balaban J connectivity index is 2.11. The summed E-state index contributed by atoms with van der Waals surface area (Å²) < 4.78 is 7.03. The molecule has 0 saturated carbocycles. The first-order valence-electron chi connectivity index (χ1n) is 7.01. The molecule has 0 radical (unpaired) electrons. The fourth-order valence-electron chi connectivity index (χ4n) is 2.17. The summed E-state index contributed by atoms with van der Waals surface area (Å²) in [5, 5.41) is 7.85. The molecule has 0 fully saturated rings. The summed E-state index contributed by atoms with van der Waals surface area (Å²) in [6, 6.07) is 4.21. The van der Waals surface area contributed by atoms with Gasteiger partial charge < -0.3 is 10.1 Å². The Morgan fingerprint density at radius 2 is 2.15 bits per heavy atom. The first-order chi connectivity index (χ1) is 9.76.